The van der Waals surface area contributed by atoms with E-state index in [0.29, 0.717) is 18.5 Å². The third kappa shape index (κ3) is 4.68. The van der Waals surface area contributed by atoms with E-state index < -0.39 is 0 Å². The van der Waals surface area contributed by atoms with E-state index in [1.54, 1.807) is 7.11 Å². The maximum atomic E-state index is 10.0. The summed E-state index contributed by atoms with van der Waals surface area (Å²) in [6.07, 6.45) is 9.70. The van der Waals surface area contributed by atoms with Crippen LogP contribution in [0.4, 0.5) is 11.8 Å². The Morgan fingerprint density at radius 3 is 2.70 bits per heavy atom. The zero-order chi connectivity index (χ0) is 22.8. The highest BCUT2D eigenvalue weighted by molar-refractivity contribution is 5.82. The minimum atomic E-state index is -0.183. The van der Waals surface area contributed by atoms with Gasteiger partial charge in [0.2, 0.25) is 5.95 Å². The van der Waals surface area contributed by atoms with Crippen molar-refractivity contribution in [2.75, 3.05) is 37.0 Å². The van der Waals surface area contributed by atoms with Crippen molar-refractivity contribution < 1.29 is 9.84 Å². The molecule has 33 heavy (non-hydrogen) atoms. The number of fused-ring (bicyclic) bond motifs is 1. The van der Waals surface area contributed by atoms with E-state index in [0.717, 1.165) is 61.2 Å². The molecule has 0 aromatic carbocycles. The average molecular weight is 451 g/mol. The van der Waals surface area contributed by atoms with Gasteiger partial charge in [0.1, 0.15) is 5.82 Å². The molecular formula is C25H34N6O2. The third-order valence-corrected chi connectivity index (χ3v) is 6.94. The van der Waals surface area contributed by atoms with Crippen molar-refractivity contribution in [1.29, 1.82) is 0 Å². The molecule has 0 amide bonds. The molecule has 4 heterocycles. The van der Waals surface area contributed by atoms with Crippen LogP contribution in [0.2, 0.25) is 0 Å². The highest BCUT2D eigenvalue weighted by Crippen LogP contribution is 2.38. The first-order valence-electron chi connectivity index (χ1n) is 12.2. The molecule has 8 heteroatoms. The number of anilines is 2. The summed E-state index contributed by atoms with van der Waals surface area (Å²) in [7, 11) is 1.70. The largest absolute Gasteiger partial charge is 0.393 e. The summed E-state index contributed by atoms with van der Waals surface area (Å²) in [5.41, 5.74) is 4.47. The summed E-state index contributed by atoms with van der Waals surface area (Å²) in [5, 5.41) is 18.3. The molecule has 176 valence electrons. The predicted molar refractivity (Wildman–Crippen MR) is 130 cm³/mol. The molecule has 1 saturated heterocycles. The van der Waals surface area contributed by atoms with Gasteiger partial charge in [0.15, 0.2) is 0 Å². The molecule has 0 bridgehead atoms. The standard InChI is InChI=1S/C25H34N6O2/c1-17(16-33-2)28-25-27-15-23-21(19-9-10-26-24(13-19)30-11-3-4-12-30)14-22(31(23)29-25)18-5-7-20(32)8-6-18/h9-10,13-15,17-18,20,32H,3-8,11-12,16H2,1-2H3,(H,28,29)/t17-,18?,20?/m0/s1. The lowest BCUT2D eigenvalue weighted by atomic mass is 9.85. The molecule has 2 aliphatic rings. The molecule has 2 N–H and O–H groups in total. The maximum absolute atomic E-state index is 10.0. The number of rotatable bonds is 7. The number of nitrogens with zero attached hydrogens (tertiary/aromatic N) is 5. The van der Waals surface area contributed by atoms with Gasteiger partial charge in [-0.1, -0.05) is 0 Å². The molecule has 1 aliphatic heterocycles. The van der Waals surface area contributed by atoms with Crippen LogP contribution >= 0.6 is 0 Å². The molecule has 1 saturated carbocycles. The van der Waals surface area contributed by atoms with Crippen LogP contribution in [0.25, 0.3) is 16.6 Å². The lowest BCUT2D eigenvalue weighted by Crippen LogP contribution is -2.23. The van der Waals surface area contributed by atoms with Crippen LogP contribution in [-0.2, 0) is 4.74 Å². The number of methoxy groups -OCH3 is 1. The number of aliphatic hydroxyl groups is 1. The number of aliphatic hydroxyl groups excluding tert-OH is 1. The fourth-order valence-electron chi connectivity index (χ4n) is 5.19. The Morgan fingerprint density at radius 2 is 1.94 bits per heavy atom. The van der Waals surface area contributed by atoms with E-state index in [2.05, 4.69) is 49.8 Å². The first-order chi connectivity index (χ1) is 16.1. The normalized spacial score (nSPS) is 22.1. The lowest BCUT2D eigenvalue weighted by molar-refractivity contribution is 0.121. The van der Waals surface area contributed by atoms with Gasteiger partial charge in [-0.3, -0.25) is 0 Å². The Bertz CT molecular complexity index is 1090. The van der Waals surface area contributed by atoms with Crippen LogP contribution in [0, 0.1) is 0 Å². The van der Waals surface area contributed by atoms with Gasteiger partial charge in [0.25, 0.3) is 0 Å². The summed E-state index contributed by atoms with van der Waals surface area (Å²) in [4.78, 5) is 11.6. The molecule has 2 fully saturated rings. The fraction of sp³-hybridized carbons (Fsp3) is 0.560. The molecule has 0 unspecified atom stereocenters. The Kier molecular flexibility index (Phi) is 6.46. The van der Waals surface area contributed by atoms with Crippen molar-refractivity contribution >= 4 is 17.3 Å². The Balaban J connectivity index is 1.55. The van der Waals surface area contributed by atoms with E-state index in [-0.39, 0.29) is 12.1 Å². The van der Waals surface area contributed by atoms with Crippen molar-refractivity contribution in [3.8, 4) is 11.1 Å². The third-order valence-electron chi connectivity index (χ3n) is 6.94. The van der Waals surface area contributed by atoms with Crippen LogP contribution in [0.15, 0.2) is 30.6 Å². The number of hydrogen-bond donors (Lipinski definition) is 2. The van der Waals surface area contributed by atoms with Crippen molar-refractivity contribution in [1.82, 2.24) is 19.6 Å². The zero-order valence-corrected chi connectivity index (χ0v) is 19.6. The van der Waals surface area contributed by atoms with Crippen molar-refractivity contribution in [2.24, 2.45) is 0 Å². The van der Waals surface area contributed by atoms with Gasteiger partial charge in [-0.2, -0.15) is 0 Å². The lowest BCUT2D eigenvalue weighted by Gasteiger charge is -2.25. The van der Waals surface area contributed by atoms with Crippen LogP contribution in [0.1, 0.15) is 57.1 Å². The zero-order valence-electron chi connectivity index (χ0n) is 19.6. The maximum Gasteiger partial charge on any atom is 0.241 e. The van der Waals surface area contributed by atoms with Crippen LogP contribution in [0.3, 0.4) is 0 Å². The average Bonchev–Trinajstić information content (AvgIpc) is 3.48. The summed E-state index contributed by atoms with van der Waals surface area (Å²) >= 11 is 0. The van der Waals surface area contributed by atoms with Gasteiger partial charge < -0.3 is 20.1 Å². The Hall–Kier alpha value is -2.71. The van der Waals surface area contributed by atoms with E-state index in [1.807, 2.05) is 12.4 Å². The highest BCUT2D eigenvalue weighted by atomic mass is 16.5. The number of pyridine rings is 1. The van der Waals surface area contributed by atoms with E-state index in [9.17, 15) is 5.11 Å². The molecule has 3 aromatic heterocycles. The number of ether oxygens (including phenoxy) is 1. The summed E-state index contributed by atoms with van der Waals surface area (Å²) in [5.74, 6) is 2.01. The minimum Gasteiger partial charge on any atom is -0.393 e. The number of aromatic nitrogens is 4. The van der Waals surface area contributed by atoms with Gasteiger partial charge in [-0.25, -0.2) is 14.5 Å². The summed E-state index contributed by atoms with van der Waals surface area (Å²) in [6, 6.07) is 6.66. The SMILES string of the molecule is COC[C@H](C)Nc1ncc2c(-c3ccnc(N4CCCC4)c3)cc(C3CCC(O)CC3)n2n1. The predicted octanol–water partition coefficient (Wildman–Crippen LogP) is 3.86. The molecular weight excluding hydrogens is 416 g/mol. The van der Waals surface area contributed by atoms with Crippen LogP contribution < -0.4 is 10.2 Å². The first-order valence-corrected chi connectivity index (χ1v) is 12.2. The van der Waals surface area contributed by atoms with Gasteiger partial charge in [-0.15, -0.1) is 5.10 Å². The number of nitrogens with one attached hydrogen (secondary N) is 1. The molecule has 5 rings (SSSR count). The van der Waals surface area contributed by atoms with Crippen LogP contribution in [-0.4, -0.2) is 63.6 Å². The molecule has 0 spiro atoms. The van der Waals surface area contributed by atoms with Gasteiger partial charge in [0.05, 0.1) is 24.4 Å². The second-order valence-corrected chi connectivity index (χ2v) is 9.46. The van der Waals surface area contributed by atoms with E-state index >= 15 is 0 Å². The topological polar surface area (TPSA) is 87.8 Å². The van der Waals surface area contributed by atoms with Gasteiger partial charge in [0, 0.05) is 49.6 Å². The monoisotopic (exact) mass is 450 g/mol. The second kappa shape index (κ2) is 9.65. The van der Waals surface area contributed by atoms with Gasteiger partial charge >= 0.3 is 0 Å². The molecule has 8 nitrogen and oxygen atoms in total. The smallest absolute Gasteiger partial charge is 0.241 e. The van der Waals surface area contributed by atoms with E-state index in [1.165, 1.54) is 18.5 Å². The minimum absolute atomic E-state index is 0.110. The Morgan fingerprint density at radius 1 is 1.15 bits per heavy atom. The summed E-state index contributed by atoms with van der Waals surface area (Å²) < 4.78 is 7.31. The molecule has 0 radical (unpaired) electrons. The quantitative estimate of drug-likeness (QED) is 0.565. The highest BCUT2D eigenvalue weighted by Gasteiger charge is 2.26. The van der Waals surface area contributed by atoms with E-state index in [4.69, 9.17) is 9.84 Å². The van der Waals surface area contributed by atoms with Crippen molar-refractivity contribution in [3.05, 3.63) is 36.3 Å². The first kappa shape index (κ1) is 22.1. The van der Waals surface area contributed by atoms with Crippen molar-refractivity contribution in [2.45, 2.75) is 63.5 Å². The summed E-state index contributed by atoms with van der Waals surface area (Å²) in [6.45, 7) is 4.78. The van der Waals surface area contributed by atoms with Gasteiger partial charge in [-0.05, 0) is 69.2 Å². The fourth-order valence-corrected chi connectivity index (χ4v) is 5.19. The molecule has 3 aromatic rings. The molecule has 1 aliphatic carbocycles. The molecule has 1 atom stereocenters. The van der Waals surface area contributed by atoms with Crippen LogP contribution in [0.5, 0.6) is 0 Å². The second-order valence-electron chi connectivity index (χ2n) is 9.46. The van der Waals surface area contributed by atoms with Crippen molar-refractivity contribution in [3.63, 3.8) is 0 Å². The Labute approximate surface area is 195 Å². The number of hydrogen-bond acceptors (Lipinski definition) is 7.